The van der Waals surface area contributed by atoms with Gasteiger partial charge in [-0.2, -0.15) is 0 Å². The average Bonchev–Trinajstić information content (AvgIpc) is 2.18. The van der Waals surface area contributed by atoms with Crippen molar-refractivity contribution in [2.45, 2.75) is 12.1 Å². The summed E-state index contributed by atoms with van der Waals surface area (Å²) in [5, 5.41) is 9.09. The Hall–Kier alpha value is 0.580. The van der Waals surface area contributed by atoms with Crippen LogP contribution in [0, 0.1) is 0 Å². The zero-order valence-electron chi connectivity index (χ0n) is 4.78. The van der Waals surface area contributed by atoms with Gasteiger partial charge >= 0.3 is 0 Å². The molecule has 2 N–H and O–H groups in total. The highest BCUT2D eigenvalue weighted by atomic mass is 33.1. The topological polar surface area (TPSA) is 41.5 Å². The number of rotatable bonds is 2. The Morgan fingerprint density at radius 2 is 2.44 bits per heavy atom. The molecule has 3 nitrogen and oxygen atoms in total. The lowest BCUT2D eigenvalue weighted by molar-refractivity contribution is 0.124. The van der Waals surface area contributed by atoms with E-state index in [9.17, 15) is 0 Å². The first-order chi connectivity index (χ1) is 4.34. The van der Waals surface area contributed by atoms with Gasteiger partial charge in [-0.05, 0) is 11.0 Å². The molecule has 1 fully saturated rings. The molecule has 0 aromatic carbocycles. The number of hydrogen-bond acceptors (Lipinski definition) is 5. The number of ether oxygens (including phenoxy) is 1. The molecule has 54 valence electrons. The first-order valence-corrected chi connectivity index (χ1v) is 4.53. The van der Waals surface area contributed by atoms with Crippen molar-refractivity contribution >= 4 is 22.6 Å². The van der Waals surface area contributed by atoms with Crippen molar-refractivity contribution in [3.05, 3.63) is 0 Å². The van der Waals surface area contributed by atoms with E-state index < -0.39 is 0 Å². The molecule has 1 saturated heterocycles. The van der Waals surface area contributed by atoms with E-state index >= 15 is 0 Å². The third kappa shape index (κ3) is 2.01. The number of hydrogen-bond donors (Lipinski definition) is 3. The predicted molar refractivity (Wildman–Crippen MR) is 40.3 cm³/mol. The van der Waals surface area contributed by atoms with Crippen LogP contribution in [0.25, 0.3) is 0 Å². The lowest BCUT2D eigenvalue weighted by Crippen LogP contribution is -2.33. The molecular formula is C4H9NO2S2. The van der Waals surface area contributed by atoms with Crippen LogP contribution < -0.4 is 4.72 Å². The molecule has 1 rings (SSSR count). The normalized spacial score (nSPS) is 35.3. The Kier molecular flexibility index (Phi) is 3.14. The van der Waals surface area contributed by atoms with Crippen LogP contribution in [0.1, 0.15) is 0 Å². The van der Waals surface area contributed by atoms with Crippen LogP contribution in [0.4, 0.5) is 0 Å². The van der Waals surface area contributed by atoms with Gasteiger partial charge in [-0.15, -0.1) is 0 Å². The number of nitrogens with one attached hydrogen (secondary N) is 1. The third-order valence-electron chi connectivity index (χ3n) is 1.25. The van der Waals surface area contributed by atoms with E-state index in [0.29, 0.717) is 13.2 Å². The fraction of sp³-hybridized carbons (Fsp3) is 1.00. The van der Waals surface area contributed by atoms with Gasteiger partial charge in [0.1, 0.15) is 0 Å². The highest BCUT2D eigenvalue weighted by Gasteiger charge is 2.25. The highest BCUT2D eigenvalue weighted by molar-refractivity contribution is 8.67. The van der Waals surface area contributed by atoms with E-state index in [1.54, 1.807) is 0 Å². The van der Waals surface area contributed by atoms with Crippen molar-refractivity contribution in [2.24, 2.45) is 0 Å². The van der Waals surface area contributed by atoms with Crippen molar-refractivity contribution in [1.29, 1.82) is 0 Å². The lowest BCUT2D eigenvalue weighted by atomic mass is 10.2. The van der Waals surface area contributed by atoms with Crippen LogP contribution in [0.2, 0.25) is 0 Å². The Morgan fingerprint density at radius 3 is 2.89 bits per heavy atom. The van der Waals surface area contributed by atoms with E-state index in [4.69, 9.17) is 9.84 Å². The van der Waals surface area contributed by atoms with Gasteiger partial charge in [0.15, 0.2) is 0 Å². The van der Waals surface area contributed by atoms with E-state index in [-0.39, 0.29) is 12.1 Å². The molecule has 0 amide bonds. The first kappa shape index (κ1) is 7.68. The van der Waals surface area contributed by atoms with E-state index in [2.05, 4.69) is 16.4 Å². The van der Waals surface area contributed by atoms with Crippen LogP contribution in [-0.2, 0) is 4.74 Å². The van der Waals surface area contributed by atoms with Gasteiger partial charge in [-0.25, -0.2) is 4.72 Å². The maximum absolute atomic E-state index is 9.09. The molecule has 0 saturated carbocycles. The van der Waals surface area contributed by atoms with Crippen LogP contribution >= 0.6 is 22.6 Å². The van der Waals surface area contributed by atoms with Gasteiger partial charge < -0.3 is 9.84 Å². The van der Waals surface area contributed by atoms with E-state index in [1.807, 2.05) is 0 Å². The summed E-state index contributed by atoms with van der Waals surface area (Å²) in [5.74, 6) is 0. The number of thiol groups is 1. The second-order valence-corrected chi connectivity index (χ2v) is 2.89. The largest absolute Gasteiger partial charge is 0.389 e. The second-order valence-electron chi connectivity index (χ2n) is 1.92. The first-order valence-electron chi connectivity index (χ1n) is 2.66. The van der Waals surface area contributed by atoms with Crippen LogP contribution in [0.5, 0.6) is 0 Å². The minimum absolute atomic E-state index is 0.0486. The molecule has 0 unspecified atom stereocenters. The molecule has 1 heterocycles. The Bertz CT molecular complexity index is 92.6. The monoisotopic (exact) mass is 167 g/mol. The SMILES string of the molecule is O[C@@H]1COC[C@@H]1NSS. The standard InChI is InChI=1S/C4H9NO2S2/c6-4-2-7-1-3(4)5-9-8/h3-6,8H,1-2H2/t3-,4+/m0/s1. The van der Waals surface area contributed by atoms with Gasteiger partial charge in [0.25, 0.3) is 0 Å². The summed E-state index contributed by atoms with van der Waals surface area (Å²) in [4.78, 5) is 0. The van der Waals surface area contributed by atoms with Gasteiger partial charge in [0.05, 0.1) is 25.4 Å². The fourth-order valence-corrected chi connectivity index (χ4v) is 1.49. The van der Waals surface area contributed by atoms with Gasteiger partial charge in [0.2, 0.25) is 0 Å². The summed E-state index contributed by atoms with van der Waals surface area (Å²) in [6.45, 7) is 1.01. The quantitative estimate of drug-likeness (QED) is 0.303. The number of aliphatic hydroxyl groups excluding tert-OH is 1. The summed E-state index contributed by atoms with van der Waals surface area (Å²) in [5.41, 5.74) is 0. The maximum Gasteiger partial charge on any atom is 0.0957 e. The van der Waals surface area contributed by atoms with Crippen molar-refractivity contribution in [1.82, 2.24) is 4.72 Å². The Labute approximate surface area is 63.1 Å². The minimum Gasteiger partial charge on any atom is -0.389 e. The second kappa shape index (κ2) is 3.68. The van der Waals surface area contributed by atoms with Crippen LogP contribution in [0.3, 0.4) is 0 Å². The molecule has 0 radical (unpaired) electrons. The maximum atomic E-state index is 9.09. The number of aliphatic hydroxyl groups is 1. The average molecular weight is 167 g/mol. The summed E-state index contributed by atoms with van der Waals surface area (Å²) in [6.07, 6.45) is -0.371. The molecule has 0 aromatic rings. The highest BCUT2D eigenvalue weighted by Crippen LogP contribution is 2.09. The molecule has 1 aliphatic rings. The zero-order valence-corrected chi connectivity index (χ0v) is 6.49. The lowest BCUT2D eigenvalue weighted by Gasteiger charge is -2.09. The molecule has 1 aliphatic heterocycles. The predicted octanol–water partition coefficient (Wildman–Crippen LogP) is -0.171. The molecule has 0 bridgehead atoms. The van der Waals surface area contributed by atoms with Crippen LogP contribution in [-0.4, -0.2) is 30.5 Å². The van der Waals surface area contributed by atoms with Crippen molar-refractivity contribution in [3.63, 3.8) is 0 Å². The van der Waals surface area contributed by atoms with Crippen molar-refractivity contribution in [3.8, 4) is 0 Å². The Balaban J connectivity index is 2.22. The minimum atomic E-state index is -0.371. The summed E-state index contributed by atoms with van der Waals surface area (Å²) in [6, 6.07) is 0.0486. The molecule has 5 heteroatoms. The zero-order chi connectivity index (χ0) is 6.69. The molecule has 9 heavy (non-hydrogen) atoms. The molecule has 2 atom stereocenters. The molecular weight excluding hydrogens is 158 g/mol. The van der Waals surface area contributed by atoms with Gasteiger partial charge in [-0.1, -0.05) is 11.7 Å². The summed E-state index contributed by atoms with van der Waals surface area (Å²) < 4.78 is 7.86. The van der Waals surface area contributed by atoms with Crippen molar-refractivity contribution < 1.29 is 9.84 Å². The van der Waals surface area contributed by atoms with Gasteiger partial charge in [0, 0.05) is 0 Å². The van der Waals surface area contributed by atoms with E-state index in [0.717, 1.165) is 0 Å². The smallest absolute Gasteiger partial charge is 0.0957 e. The van der Waals surface area contributed by atoms with E-state index in [1.165, 1.54) is 11.0 Å². The summed E-state index contributed by atoms with van der Waals surface area (Å²) in [7, 11) is 1.21. The molecule has 0 spiro atoms. The Morgan fingerprint density at radius 1 is 1.67 bits per heavy atom. The van der Waals surface area contributed by atoms with Crippen LogP contribution in [0.15, 0.2) is 0 Å². The molecule has 0 aromatic heterocycles. The van der Waals surface area contributed by atoms with Crippen molar-refractivity contribution in [2.75, 3.05) is 13.2 Å². The summed E-state index contributed by atoms with van der Waals surface area (Å²) >= 11 is 3.88. The fourth-order valence-electron chi connectivity index (χ4n) is 0.723. The third-order valence-corrected chi connectivity index (χ3v) is 1.98. The molecule has 0 aliphatic carbocycles. The van der Waals surface area contributed by atoms with Gasteiger partial charge in [-0.3, -0.25) is 0 Å².